The van der Waals surface area contributed by atoms with Crippen LogP contribution in [0.25, 0.3) is 10.9 Å². The minimum absolute atomic E-state index is 0.195. The summed E-state index contributed by atoms with van der Waals surface area (Å²) in [6, 6.07) is 5.87. The second-order valence-electron chi connectivity index (χ2n) is 4.53. The van der Waals surface area contributed by atoms with Crippen molar-refractivity contribution < 1.29 is 5.11 Å². The lowest BCUT2D eigenvalue weighted by atomic mass is 10.1. The predicted molar refractivity (Wildman–Crippen MR) is 75.9 cm³/mol. The minimum atomic E-state index is -0.195. The number of halogens is 1. The summed E-state index contributed by atoms with van der Waals surface area (Å²) in [7, 11) is 0. The van der Waals surface area contributed by atoms with Gasteiger partial charge in [-0.3, -0.25) is 0 Å². The lowest BCUT2D eigenvalue weighted by Gasteiger charge is -2.08. The van der Waals surface area contributed by atoms with Crippen LogP contribution in [0.2, 0.25) is 5.02 Å². The van der Waals surface area contributed by atoms with Crippen molar-refractivity contribution in [2.75, 3.05) is 6.54 Å². The van der Waals surface area contributed by atoms with Crippen molar-refractivity contribution in [2.45, 2.75) is 32.4 Å². The Morgan fingerprint density at radius 2 is 2.28 bits per heavy atom. The van der Waals surface area contributed by atoms with Crippen molar-refractivity contribution in [3.63, 3.8) is 0 Å². The van der Waals surface area contributed by atoms with Gasteiger partial charge in [-0.15, -0.1) is 0 Å². The Hall–Kier alpha value is -1.03. The van der Waals surface area contributed by atoms with Crippen LogP contribution in [-0.4, -0.2) is 22.7 Å². The molecule has 0 saturated carbocycles. The number of fused-ring (bicyclic) bond motifs is 1. The van der Waals surface area contributed by atoms with Crippen LogP contribution < -0.4 is 5.32 Å². The van der Waals surface area contributed by atoms with E-state index < -0.39 is 0 Å². The number of aliphatic hydroxyl groups is 1. The average molecular weight is 267 g/mol. The molecule has 0 radical (unpaired) electrons. The van der Waals surface area contributed by atoms with E-state index in [1.54, 1.807) is 0 Å². The molecule has 1 aromatic carbocycles. The van der Waals surface area contributed by atoms with E-state index in [2.05, 4.69) is 10.3 Å². The van der Waals surface area contributed by atoms with E-state index in [9.17, 15) is 5.11 Å². The molecule has 0 aliphatic rings. The van der Waals surface area contributed by atoms with Gasteiger partial charge in [0.2, 0.25) is 0 Å². The highest BCUT2D eigenvalue weighted by Crippen LogP contribution is 2.21. The molecule has 1 atom stereocenters. The van der Waals surface area contributed by atoms with Crippen molar-refractivity contribution in [1.82, 2.24) is 10.3 Å². The first-order chi connectivity index (χ1) is 8.70. The lowest BCUT2D eigenvalue weighted by Crippen LogP contribution is -2.19. The van der Waals surface area contributed by atoms with E-state index in [0.717, 1.165) is 36.5 Å². The zero-order chi connectivity index (χ0) is 13.0. The number of benzene rings is 1. The number of hydrogen-bond acceptors (Lipinski definition) is 2. The van der Waals surface area contributed by atoms with Gasteiger partial charge in [0, 0.05) is 28.7 Å². The molecule has 0 aliphatic heterocycles. The summed E-state index contributed by atoms with van der Waals surface area (Å²) in [6.45, 7) is 3.63. The Morgan fingerprint density at radius 1 is 1.44 bits per heavy atom. The van der Waals surface area contributed by atoms with Gasteiger partial charge in [0.15, 0.2) is 0 Å². The first-order valence-corrected chi connectivity index (χ1v) is 6.72. The molecule has 98 valence electrons. The number of hydrogen-bond donors (Lipinski definition) is 3. The van der Waals surface area contributed by atoms with Gasteiger partial charge in [0.05, 0.1) is 6.10 Å². The van der Waals surface area contributed by atoms with Crippen LogP contribution in [0.15, 0.2) is 24.4 Å². The maximum atomic E-state index is 9.46. The first-order valence-electron chi connectivity index (χ1n) is 6.35. The summed E-state index contributed by atoms with van der Waals surface area (Å²) in [5.41, 5.74) is 2.29. The zero-order valence-electron chi connectivity index (χ0n) is 10.5. The van der Waals surface area contributed by atoms with Crippen LogP contribution >= 0.6 is 11.6 Å². The molecule has 3 N–H and O–H groups in total. The van der Waals surface area contributed by atoms with E-state index in [1.165, 1.54) is 10.9 Å². The Balaban J connectivity index is 1.92. The van der Waals surface area contributed by atoms with Crippen molar-refractivity contribution in [1.29, 1.82) is 0 Å². The van der Waals surface area contributed by atoms with Gasteiger partial charge in [-0.1, -0.05) is 24.6 Å². The van der Waals surface area contributed by atoms with Crippen molar-refractivity contribution in [2.24, 2.45) is 0 Å². The molecule has 0 bridgehead atoms. The highest BCUT2D eigenvalue weighted by molar-refractivity contribution is 6.31. The third-order valence-electron chi connectivity index (χ3n) is 3.17. The van der Waals surface area contributed by atoms with Crippen LogP contribution in [0.1, 0.15) is 25.3 Å². The number of H-pyrrole nitrogens is 1. The number of nitrogens with one attached hydrogen (secondary N) is 2. The molecule has 1 aromatic heterocycles. The van der Waals surface area contributed by atoms with Crippen LogP contribution in [0.4, 0.5) is 0 Å². The highest BCUT2D eigenvalue weighted by Gasteiger charge is 2.04. The monoisotopic (exact) mass is 266 g/mol. The molecule has 0 amide bonds. The molecule has 4 heteroatoms. The third-order valence-corrected chi connectivity index (χ3v) is 3.41. The van der Waals surface area contributed by atoms with E-state index in [1.807, 2.05) is 31.3 Å². The molecule has 0 saturated heterocycles. The second-order valence-corrected chi connectivity index (χ2v) is 4.97. The summed E-state index contributed by atoms with van der Waals surface area (Å²) < 4.78 is 0. The molecule has 3 nitrogen and oxygen atoms in total. The molecule has 0 fully saturated rings. The molecule has 18 heavy (non-hydrogen) atoms. The van der Waals surface area contributed by atoms with Gasteiger partial charge in [-0.2, -0.15) is 0 Å². The van der Waals surface area contributed by atoms with E-state index in [0.29, 0.717) is 0 Å². The fourth-order valence-corrected chi connectivity index (χ4v) is 2.17. The molecule has 1 unspecified atom stereocenters. The molecule has 2 rings (SSSR count). The Bertz CT molecular complexity index is 509. The number of rotatable bonds is 6. The quantitative estimate of drug-likeness (QED) is 0.704. The van der Waals surface area contributed by atoms with E-state index in [4.69, 9.17) is 11.6 Å². The maximum Gasteiger partial charge on any atom is 0.0549 e. The van der Waals surface area contributed by atoms with E-state index in [-0.39, 0.29) is 6.10 Å². The summed E-state index contributed by atoms with van der Waals surface area (Å²) in [5.74, 6) is 0. The van der Waals surface area contributed by atoms with Gasteiger partial charge in [0.1, 0.15) is 0 Å². The zero-order valence-corrected chi connectivity index (χ0v) is 11.3. The third kappa shape index (κ3) is 3.25. The maximum absolute atomic E-state index is 9.46. The van der Waals surface area contributed by atoms with Crippen LogP contribution in [0.3, 0.4) is 0 Å². The Kier molecular flexibility index (Phi) is 4.64. The molecule has 2 aromatic rings. The normalized spacial score (nSPS) is 13.1. The van der Waals surface area contributed by atoms with Gasteiger partial charge < -0.3 is 15.4 Å². The number of aromatic amines is 1. The fraction of sp³-hybridized carbons (Fsp3) is 0.429. The highest BCUT2D eigenvalue weighted by atomic mass is 35.5. The van der Waals surface area contributed by atoms with Crippen LogP contribution in [0.5, 0.6) is 0 Å². The Morgan fingerprint density at radius 3 is 3.06 bits per heavy atom. The molecule has 1 heterocycles. The first kappa shape index (κ1) is 13.4. The van der Waals surface area contributed by atoms with Crippen molar-refractivity contribution in [3.8, 4) is 0 Å². The molecule has 0 spiro atoms. The smallest absolute Gasteiger partial charge is 0.0549 e. The molecular formula is C14H19ClN2O. The molecule has 0 aliphatic carbocycles. The topological polar surface area (TPSA) is 48.0 Å². The Labute approximate surface area is 112 Å². The second kappa shape index (κ2) is 6.23. The van der Waals surface area contributed by atoms with Gasteiger partial charge in [0.25, 0.3) is 0 Å². The van der Waals surface area contributed by atoms with Crippen molar-refractivity contribution in [3.05, 3.63) is 35.0 Å². The average Bonchev–Trinajstić information content (AvgIpc) is 2.76. The van der Waals surface area contributed by atoms with Gasteiger partial charge in [-0.05, 0) is 37.1 Å². The number of aliphatic hydroxyl groups excluding tert-OH is 1. The predicted octanol–water partition coefficient (Wildman–Crippen LogP) is 3.07. The van der Waals surface area contributed by atoms with Gasteiger partial charge >= 0.3 is 0 Å². The summed E-state index contributed by atoms with van der Waals surface area (Å²) in [6.07, 6.45) is 3.42. The summed E-state index contributed by atoms with van der Waals surface area (Å²) >= 11 is 5.94. The summed E-state index contributed by atoms with van der Waals surface area (Å²) in [5, 5.41) is 14.7. The SMILES string of the molecule is CCC(O)CCNCc1c[nH]c2cc(Cl)ccc12. The van der Waals surface area contributed by atoms with Crippen molar-refractivity contribution >= 4 is 22.5 Å². The number of aromatic nitrogens is 1. The summed E-state index contributed by atoms with van der Waals surface area (Å²) in [4.78, 5) is 3.22. The lowest BCUT2D eigenvalue weighted by molar-refractivity contribution is 0.159. The van der Waals surface area contributed by atoms with E-state index >= 15 is 0 Å². The molecular weight excluding hydrogens is 248 g/mol. The standard InChI is InChI=1S/C14H19ClN2O/c1-2-12(18)5-6-16-8-10-9-17-14-7-11(15)3-4-13(10)14/h3-4,7,9,12,16-18H,2,5-6,8H2,1H3. The van der Waals surface area contributed by atoms with Crippen LogP contribution in [0, 0.1) is 0 Å². The largest absolute Gasteiger partial charge is 0.393 e. The van der Waals surface area contributed by atoms with Crippen LogP contribution in [-0.2, 0) is 6.54 Å². The van der Waals surface area contributed by atoms with Gasteiger partial charge in [-0.25, -0.2) is 0 Å². The minimum Gasteiger partial charge on any atom is -0.393 e. The fourth-order valence-electron chi connectivity index (χ4n) is 2.00.